The Bertz CT molecular complexity index is 627. The number of hydrogen-bond donors (Lipinski definition) is 1. The Kier molecular flexibility index (Phi) is 5.58. The zero-order valence-corrected chi connectivity index (χ0v) is 12.0. The molecule has 2 aromatic rings. The van der Waals surface area contributed by atoms with Crippen LogP contribution in [0.1, 0.15) is 25.7 Å². The SMILES string of the molecule is O=CCCCCCNc1ccc(-n2ccnn2)cc1[N+](=O)[O-]. The molecule has 116 valence electrons. The van der Waals surface area contributed by atoms with Gasteiger partial charge in [-0.2, -0.15) is 0 Å². The Morgan fingerprint density at radius 3 is 2.86 bits per heavy atom. The number of nitro benzene ring substituents is 1. The van der Waals surface area contributed by atoms with Crippen LogP contribution >= 0.6 is 0 Å². The molecule has 0 fully saturated rings. The van der Waals surface area contributed by atoms with Crippen molar-refractivity contribution < 1.29 is 9.72 Å². The van der Waals surface area contributed by atoms with Crippen molar-refractivity contribution in [3.8, 4) is 5.69 Å². The van der Waals surface area contributed by atoms with Crippen molar-refractivity contribution in [3.05, 3.63) is 40.7 Å². The van der Waals surface area contributed by atoms with Gasteiger partial charge < -0.3 is 10.1 Å². The Morgan fingerprint density at radius 2 is 2.18 bits per heavy atom. The lowest BCUT2D eigenvalue weighted by atomic mass is 10.2. The summed E-state index contributed by atoms with van der Waals surface area (Å²) in [6.07, 6.45) is 7.22. The molecule has 8 heteroatoms. The maximum Gasteiger partial charge on any atom is 0.294 e. The van der Waals surface area contributed by atoms with Gasteiger partial charge in [-0.1, -0.05) is 11.6 Å². The van der Waals surface area contributed by atoms with Gasteiger partial charge in [0.25, 0.3) is 5.69 Å². The highest BCUT2D eigenvalue weighted by atomic mass is 16.6. The molecule has 1 aromatic carbocycles. The second-order valence-electron chi connectivity index (χ2n) is 4.75. The van der Waals surface area contributed by atoms with Gasteiger partial charge in [-0.25, -0.2) is 4.68 Å². The molecule has 0 bridgehead atoms. The van der Waals surface area contributed by atoms with E-state index in [-0.39, 0.29) is 5.69 Å². The van der Waals surface area contributed by atoms with Crippen molar-refractivity contribution in [2.45, 2.75) is 25.7 Å². The van der Waals surface area contributed by atoms with Crippen LogP contribution in [-0.4, -0.2) is 32.7 Å². The highest BCUT2D eigenvalue weighted by molar-refractivity contribution is 5.65. The van der Waals surface area contributed by atoms with Crippen LogP contribution in [0.15, 0.2) is 30.6 Å². The molecule has 0 amide bonds. The minimum Gasteiger partial charge on any atom is -0.379 e. The number of carbonyl (C=O) groups is 1. The highest BCUT2D eigenvalue weighted by Gasteiger charge is 2.15. The monoisotopic (exact) mass is 303 g/mol. The summed E-state index contributed by atoms with van der Waals surface area (Å²) in [5, 5.41) is 21.8. The van der Waals surface area contributed by atoms with Gasteiger partial charge in [0, 0.05) is 19.0 Å². The van der Waals surface area contributed by atoms with Crippen molar-refractivity contribution in [3.63, 3.8) is 0 Å². The van der Waals surface area contributed by atoms with Gasteiger partial charge in [0.05, 0.1) is 23.0 Å². The molecule has 0 atom stereocenters. The van der Waals surface area contributed by atoms with Crippen LogP contribution in [0.25, 0.3) is 5.69 Å². The van der Waals surface area contributed by atoms with Crippen molar-refractivity contribution in [1.82, 2.24) is 15.0 Å². The van der Waals surface area contributed by atoms with Crippen LogP contribution in [0.4, 0.5) is 11.4 Å². The summed E-state index contributed by atoms with van der Waals surface area (Å²) in [7, 11) is 0. The summed E-state index contributed by atoms with van der Waals surface area (Å²) >= 11 is 0. The first kappa shape index (κ1) is 15.6. The van der Waals surface area contributed by atoms with E-state index in [0.29, 0.717) is 24.3 Å². The molecule has 8 nitrogen and oxygen atoms in total. The smallest absolute Gasteiger partial charge is 0.294 e. The largest absolute Gasteiger partial charge is 0.379 e. The first-order valence-corrected chi connectivity index (χ1v) is 7.05. The van der Waals surface area contributed by atoms with Crippen molar-refractivity contribution >= 4 is 17.7 Å². The number of anilines is 1. The van der Waals surface area contributed by atoms with Crippen molar-refractivity contribution in [1.29, 1.82) is 0 Å². The number of aldehydes is 1. The predicted molar refractivity (Wildman–Crippen MR) is 81.0 cm³/mol. The highest BCUT2D eigenvalue weighted by Crippen LogP contribution is 2.26. The fraction of sp³-hybridized carbons (Fsp3) is 0.357. The summed E-state index contributed by atoms with van der Waals surface area (Å²) < 4.78 is 1.47. The molecular weight excluding hydrogens is 286 g/mol. The Balaban J connectivity index is 2.01. The third-order valence-electron chi connectivity index (χ3n) is 3.18. The second kappa shape index (κ2) is 7.87. The zero-order chi connectivity index (χ0) is 15.8. The topological polar surface area (TPSA) is 103 Å². The van der Waals surface area contributed by atoms with Crippen LogP contribution < -0.4 is 5.32 Å². The zero-order valence-electron chi connectivity index (χ0n) is 12.0. The molecule has 0 radical (unpaired) electrons. The number of nitro groups is 1. The Labute approximate surface area is 127 Å². The molecule has 1 N–H and O–H groups in total. The van der Waals surface area contributed by atoms with Crippen LogP contribution in [0.2, 0.25) is 0 Å². The van der Waals surface area contributed by atoms with E-state index in [2.05, 4.69) is 15.6 Å². The lowest BCUT2D eigenvalue weighted by Gasteiger charge is -2.08. The molecule has 0 spiro atoms. The average Bonchev–Trinajstić information content (AvgIpc) is 3.05. The Hall–Kier alpha value is -2.77. The molecule has 0 unspecified atom stereocenters. The number of benzene rings is 1. The van der Waals surface area contributed by atoms with E-state index in [9.17, 15) is 14.9 Å². The molecule has 0 saturated heterocycles. The minimum atomic E-state index is -0.421. The maximum atomic E-state index is 11.2. The summed E-state index contributed by atoms with van der Waals surface area (Å²) in [6.45, 7) is 0.627. The number of nitrogens with zero attached hydrogens (tertiary/aromatic N) is 4. The van der Waals surface area contributed by atoms with Crippen LogP contribution in [0.3, 0.4) is 0 Å². The van der Waals surface area contributed by atoms with E-state index in [0.717, 1.165) is 25.5 Å². The standard InChI is InChI=1S/C14H17N5O3/c20-10-4-2-1-3-7-15-13-6-5-12(11-14(13)19(21)22)18-9-8-16-17-18/h5-6,8-11,15H,1-4,7H2. The first-order valence-electron chi connectivity index (χ1n) is 7.05. The molecule has 0 aliphatic carbocycles. The van der Waals surface area contributed by atoms with Crippen molar-refractivity contribution in [2.24, 2.45) is 0 Å². The number of carbonyl (C=O) groups excluding carboxylic acids is 1. The Morgan fingerprint density at radius 1 is 1.32 bits per heavy atom. The maximum absolute atomic E-state index is 11.2. The number of unbranched alkanes of at least 4 members (excludes halogenated alkanes) is 3. The number of aromatic nitrogens is 3. The van der Waals surface area contributed by atoms with E-state index in [1.54, 1.807) is 18.3 Å². The lowest BCUT2D eigenvalue weighted by molar-refractivity contribution is -0.383. The van der Waals surface area contributed by atoms with Gasteiger partial charge in [0.2, 0.25) is 0 Å². The van der Waals surface area contributed by atoms with Crippen LogP contribution in [0.5, 0.6) is 0 Å². The van der Waals surface area contributed by atoms with E-state index < -0.39 is 4.92 Å². The normalized spacial score (nSPS) is 10.4. The molecular formula is C14H17N5O3. The molecule has 0 saturated carbocycles. The summed E-state index contributed by atoms with van der Waals surface area (Å²) in [6, 6.07) is 4.88. The third kappa shape index (κ3) is 4.11. The molecule has 22 heavy (non-hydrogen) atoms. The van der Waals surface area contributed by atoms with E-state index in [1.807, 2.05) is 0 Å². The van der Waals surface area contributed by atoms with Gasteiger partial charge in [-0.05, 0) is 25.0 Å². The number of nitrogens with one attached hydrogen (secondary N) is 1. The summed E-state index contributed by atoms with van der Waals surface area (Å²) in [5.41, 5.74) is 1.06. The van der Waals surface area contributed by atoms with E-state index >= 15 is 0 Å². The molecule has 1 heterocycles. The molecule has 1 aromatic heterocycles. The quantitative estimate of drug-likeness (QED) is 0.330. The number of hydrogen-bond acceptors (Lipinski definition) is 6. The molecule has 0 aliphatic rings. The summed E-state index contributed by atoms with van der Waals surface area (Å²) in [5.74, 6) is 0. The molecule has 0 aliphatic heterocycles. The van der Waals surface area contributed by atoms with Crippen LogP contribution in [0, 0.1) is 10.1 Å². The fourth-order valence-corrected chi connectivity index (χ4v) is 2.06. The lowest BCUT2D eigenvalue weighted by Crippen LogP contribution is -2.05. The van der Waals surface area contributed by atoms with Gasteiger partial charge in [-0.3, -0.25) is 10.1 Å². The van der Waals surface area contributed by atoms with Gasteiger partial charge in [0.1, 0.15) is 12.0 Å². The van der Waals surface area contributed by atoms with E-state index in [1.165, 1.54) is 16.9 Å². The first-order chi connectivity index (χ1) is 10.7. The van der Waals surface area contributed by atoms with Gasteiger partial charge in [0.15, 0.2) is 0 Å². The third-order valence-corrected chi connectivity index (χ3v) is 3.18. The second-order valence-corrected chi connectivity index (χ2v) is 4.75. The van der Waals surface area contributed by atoms with Gasteiger partial charge in [-0.15, -0.1) is 5.10 Å². The predicted octanol–water partition coefficient (Wildman–Crippen LogP) is 2.35. The van der Waals surface area contributed by atoms with Gasteiger partial charge >= 0.3 is 0 Å². The minimum absolute atomic E-state index is 0.000825. The molecule has 2 rings (SSSR count). The van der Waals surface area contributed by atoms with E-state index in [4.69, 9.17) is 0 Å². The number of rotatable bonds is 9. The van der Waals surface area contributed by atoms with Crippen LogP contribution in [-0.2, 0) is 4.79 Å². The summed E-state index contributed by atoms with van der Waals surface area (Å²) in [4.78, 5) is 21.0. The average molecular weight is 303 g/mol. The van der Waals surface area contributed by atoms with Crippen molar-refractivity contribution in [2.75, 3.05) is 11.9 Å². The fourth-order valence-electron chi connectivity index (χ4n) is 2.06.